The zero-order valence-electron chi connectivity index (χ0n) is 17.1. The molecule has 0 N–H and O–H groups in total. The lowest BCUT2D eigenvalue weighted by Gasteiger charge is -2.37. The molecule has 0 radical (unpaired) electrons. The van der Waals surface area contributed by atoms with Gasteiger partial charge in [0.15, 0.2) is 19.1 Å². The summed E-state index contributed by atoms with van der Waals surface area (Å²) in [6.45, 7) is 12.2. The SMILES string of the molecule is CC(C)(C)[Si](C)(C)OC[C@@H]1C[C@H](n2cnc3c(Cl)ncnc32)c2ccccc21. The van der Waals surface area contributed by atoms with Crippen LogP contribution in [0.5, 0.6) is 0 Å². The van der Waals surface area contributed by atoms with E-state index >= 15 is 0 Å². The minimum absolute atomic E-state index is 0.181. The Hall–Kier alpha value is -1.76. The molecule has 5 nitrogen and oxygen atoms in total. The summed E-state index contributed by atoms with van der Waals surface area (Å²) in [5.41, 5.74) is 4.13. The van der Waals surface area contributed by atoms with Crippen LogP contribution < -0.4 is 0 Å². The number of halogens is 1. The average Bonchev–Trinajstić information content (AvgIpc) is 3.21. The largest absolute Gasteiger partial charge is 0.416 e. The molecule has 0 unspecified atom stereocenters. The number of hydrogen-bond acceptors (Lipinski definition) is 4. The maximum atomic E-state index is 6.57. The lowest BCUT2D eigenvalue weighted by atomic mass is 10.0. The van der Waals surface area contributed by atoms with E-state index in [-0.39, 0.29) is 11.1 Å². The zero-order chi connectivity index (χ0) is 20.1. The highest BCUT2D eigenvalue weighted by Gasteiger charge is 2.39. The van der Waals surface area contributed by atoms with Gasteiger partial charge in [-0.1, -0.05) is 56.6 Å². The standard InChI is InChI=1S/C21H27ClN4OSi/c1-21(2,3)28(4,5)27-11-14-10-17(16-9-7-6-8-15(14)16)26-13-25-18-19(22)23-12-24-20(18)26/h6-9,12-14,17H,10-11H2,1-5H3/t14-,17-/m0/s1. The van der Waals surface area contributed by atoms with E-state index in [0.29, 0.717) is 16.6 Å². The molecule has 1 aliphatic carbocycles. The van der Waals surface area contributed by atoms with Gasteiger partial charge in [-0.25, -0.2) is 15.0 Å². The van der Waals surface area contributed by atoms with Gasteiger partial charge in [-0.2, -0.15) is 0 Å². The van der Waals surface area contributed by atoms with Gasteiger partial charge in [0.05, 0.1) is 12.4 Å². The van der Waals surface area contributed by atoms with Crippen LogP contribution in [0.4, 0.5) is 0 Å². The van der Waals surface area contributed by atoms with Crippen molar-refractivity contribution in [3.8, 4) is 0 Å². The minimum atomic E-state index is -1.79. The van der Waals surface area contributed by atoms with Crippen LogP contribution in [0.15, 0.2) is 36.9 Å². The number of nitrogens with zero attached hydrogens (tertiary/aromatic N) is 4. The maximum Gasteiger partial charge on any atom is 0.192 e. The van der Waals surface area contributed by atoms with Crippen LogP contribution >= 0.6 is 11.6 Å². The molecule has 0 saturated heterocycles. The molecule has 0 aliphatic heterocycles. The van der Waals surface area contributed by atoms with Crippen molar-refractivity contribution in [2.75, 3.05) is 6.61 Å². The number of hydrogen-bond donors (Lipinski definition) is 0. The fourth-order valence-corrected chi connectivity index (χ4v) is 4.94. The van der Waals surface area contributed by atoms with Crippen molar-refractivity contribution in [3.63, 3.8) is 0 Å². The summed E-state index contributed by atoms with van der Waals surface area (Å²) < 4.78 is 8.71. The first-order valence-electron chi connectivity index (χ1n) is 9.75. The summed E-state index contributed by atoms with van der Waals surface area (Å²) in [6.07, 6.45) is 4.31. The van der Waals surface area contributed by atoms with Crippen LogP contribution in [0.2, 0.25) is 23.3 Å². The van der Waals surface area contributed by atoms with Gasteiger partial charge in [0.1, 0.15) is 11.8 Å². The molecule has 28 heavy (non-hydrogen) atoms. The molecule has 3 aromatic rings. The van der Waals surface area contributed by atoms with E-state index in [1.807, 2.05) is 6.33 Å². The van der Waals surface area contributed by atoms with Gasteiger partial charge in [0.25, 0.3) is 0 Å². The van der Waals surface area contributed by atoms with Gasteiger partial charge >= 0.3 is 0 Å². The Bertz CT molecular complexity index is 1010. The van der Waals surface area contributed by atoms with Crippen molar-refractivity contribution in [1.29, 1.82) is 0 Å². The van der Waals surface area contributed by atoms with Crippen molar-refractivity contribution in [3.05, 3.63) is 53.2 Å². The van der Waals surface area contributed by atoms with Crippen molar-refractivity contribution >= 4 is 31.1 Å². The summed E-state index contributed by atoms with van der Waals surface area (Å²) in [6, 6.07) is 8.84. The van der Waals surface area contributed by atoms with Crippen molar-refractivity contribution < 1.29 is 4.43 Å². The zero-order valence-corrected chi connectivity index (χ0v) is 18.9. The van der Waals surface area contributed by atoms with E-state index in [1.54, 1.807) is 0 Å². The monoisotopic (exact) mass is 414 g/mol. The van der Waals surface area contributed by atoms with Gasteiger partial charge in [0.2, 0.25) is 0 Å². The summed E-state index contributed by atoms with van der Waals surface area (Å²) >= 11 is 6.21. The first-order valence-corrected chi connectivity index (χ1v) is 13.0. The molecule has 7 heteroatoms. The number of imidazole rings is 1. The molecule has 0 fully saturated rings. The summed E-state index contributed by atoms with van der Waals surface area (Å²) in [5.74, 6) is 0.366. The molecule has 1 aromatic carbocycles. The van der Waals surface area contributed by atoms with Crippen LogP contribution in [-0.4, -0.2) is 34.4 Å². The van der Waals surface area contributed by atoms with E-state index in [4.69, 9.17) is 16.0 Å². The van der Waals surface area contributed by atoms with E-state index in [0.717, 1.165) is 18.7 Å². The second-order valence-corrected chi connectivity index (χ2v) is 14.3. The first kappa shape index (κ1) is 19.5. The molecule has 2 atom stereocenters. The van der Waals surface area contributed by atoms with E-state index in [1.165, 1.54) is 17.5 Å². The first-order chi connectivity index (χ1) is 13.2. The molecule has 4 rings (SSSR count). The van der Waals surface area contributed by atoms with Gasteiger partial charge in [-0.05, 0) is 35.7 Å². The smallest absolute Gasteiger partial charge is 0.192 e. The third kappa shape index (κ3) is 3.27. The normalized spacial score (nSPS) is 19.9. The van der Waals surface area contributed by atoms with E-state index < -0.39 is 8.32 Å². The van der Waals surface area contributed by atoms with Crippen LogP contribution in [0, 0.1) is 0 Å². The fourth-order valence-electron chi connectivity index (χ4n) is 3.71. The molecule has 2 aromatic heterocycles. The van der Waals surface area contributed by atoms with Crippen molar-refractivity contribution in [2.24, 2.45) is 0 Å². The quantitative estimate of drug-likeness (QED) is 0.413. The number of fused-ring (bicyclic) bond motifs is 2. The predicted molar refractivity (Wildman–Crippen MR) is 115 cm³/mol. The Morgan fingerprint density at radius 1 is 1.14 bits per heavy atom. The van der Waals surface area contributed by atoms with E-state index in [2.05, 4.69) is 77.6 Å². The molecular formula is C21H27ClN4OSi. The van der Waals surface area contributed by atoms with Crippen LogP contribution in [-0.2, 0) is 4.43 Å². The van der Waals surface area contributed by atoms with Crippen molar-refractivity contribution in [2.45, 2.75) is 57.3 Å². The maximum absolute atomic E-state index is 6.57. The minimum Gasteiger partial charge on any atom is -0.416 e. The molecule has 0 amide bonds. The molecule has 0 saturated carbocycles. The molecule has 0 spiro atoms. The van der Waals surface area contributed by atoms with Gasteiger partial charge < -0.3 is 8.99 Å². The highest BCUT2D eigenvalue weighted by Crippen LogP contribution is 2.45. The molecule has 1 aliphatic rings. The van der Waals surface area contributed by atoms with E-state index in [9.17, 15) is 0 Å². The van der Waals surface area contributed by atoms with Gasteiger partial charge in [-0.3, -0.25) is 0 Å². The van der Waals surface area contributed by atoms with Crippen LogP contribution in [0.25, 0.3) is 11.2 Å². The van der Waals surface area contributed by atoms with Gasteiger partial charge in [0, 0.05) is 12.5 Å². The summed E-state index contributed by atoms with van der Waals surface area (Å²) in [4.78, 5) is 13.0. The topological polar surface area (TPSA) is 52.8 Å². The average molecular weight is 415 g/mol. The molecular weight excluding hydrogens is 388 g/mol. The predicted octanol–water partition coefficient (Wildman–Crippen LogP) is 5.58. The Morgan fingerprint density at radius 2 is 1.86 bits per heavy atom. The van der Waals surface area contributed by atoms with Crippen LogP contribution in [0.3, 0.4) is 0 Å². The highest BCUT2D eigenvalue weighted by molar-refractivity contribution is 6.74. The Balaban J connectivity index is 1.66. The lowest BCUT2D eigenvalue weighted by molar-refractivity contribution is 0.257. The van der Waals surface area contributed by atoms with Crippen molar-refractivity contribution in [1.82, 2.24) is 19.5 Å². The highest BCUT2D eigenvalue weighted by atomic mass is 35.5. The number of benzene rings is 1. The lowest BCUT2D eigenvalue weighted by Crippen LogP contribution is -2.41. The Kier molecular flexibility index (Phi) is 4.84. The fraction of sp³-hybridized carbons (Fsp3) is 0.476. The van der Waals surface area contributed by atoms with Crippen LogP contribution in [0.1, 0.15) is 50.3 Å². The second-order valence-electron chi connectivity index (χ2n) is 9.14. The van der Waals surface area contributed by atoms with Gasteiger partial charge in [-0.15, -0.1) is 0 Å². The Labute approximate surface area is 172 Å². The molecule has 2 heterocycles. The Morgan fingerprint density at radius 3 is 2.57 bits per heavy atom. The second kappa shape index (κ2) is 6.93. The summed E-state index contributed by atoms with van der Waals surface area (Å²) in [7, 11) is -1.79. The third-order valence-electron chi connectivity index (χ3n) is 6.40. The number of aromatic nitrogens is 4. The third-order valence-corrected chi connectivity index (χ3v) is 11.2. The molecule has 148 valence electrons. The number of rotatable bonds is 4. The molecule has 0 bridgehead atoms. The summed E-state index contributed by atoms with van der Waals surface area (Å²) in [5, 5.41) is 0.603.